The molecule has 7 nitrogen and oxygen atoms in total. The number of nitrogens with one attached hydrogen (secondary N) is 2. The van der Waals surface area contributed by atoms with Gasteiger partial charge in [-0.2, -0.15) is 5.10 Å². The van der Waals surface area contributed by atoms with E-state index in [2.05, 4.69) is 51.6 Å². The van der Waals surface area contributed by atoms with E-state index in [4.69, 9.17) is 4.74 Å². The Balaban J connectivity index is 1.57. The molecule has 1 unspecified atom stereocenters. The topological polar surface area (TPSA) is 73.1 Å². The van der Waals surface area contributed by atoms with E-state index in [-0.39, 0.29) is 11.4 Å². The molecule has 0 bridgehead atoms. The molecule has 0 fully saturated rings. The summed E-state index contributed by atoms with van der Waals surface area (Å²) in [5.74, 6) is 0.712. The summed E-state index contributed by atoms with van der Waals surface area (Å²) >= 11 is 0. The average Bonchev–Trinajstić information content (AvgIpc) is 3.37. The van der Waals surface area contributed by atoms with E-state index in [1.54, 1.807) is 31.2 Å². The second-order valence-corrected chi connectivity index (χ2v) is 7.12. The number of nitrogens with zero attached hydrogens (tertiary/aromatic N) is 3. The molecule has 0 radical (unpaired) electrons. The second kappa shape index (κ2) is 7.07. The molecule has 2 aromatic heterocycles. The molecule has 2 N–H and O–H groups in total. The first-order valence-corrected chi connectivity index (χ1v) is 9.47. The molecule has 0 saturated heterocycles. The van der Waals surface area contributed by atoms with Crippen LogP contribution in [0.3, 0.4) is 0 Å². The molecule has 4 rings (SSSR count). The molecule has 1 amide bonds. The van der Waals surface area contributed by atoms with Crippen molar-refractivity contribution in [3.63, 3.8) is 0 Å². The molecule has 3 heterocycles. The van der Waals surface area contributed by atoms with Crippen molar-refractivity contribution < 1.29 is 9.53 Å². The van der Waals surface area contributed by atoms with Crippen LogP contribution in [0.4, 0.5) is 5.69 Å². The van der Waals surface area contributed by atoms with Crippen LogP contribution in [-0.2, 0) is 12.6 Å². The molecule has 1 atom stereocenters. The van der Waals surface area contributed by atoms with Crippen molar-refractivity contribution >= 4 is 11.6 Å². The molecule has 7 heteroatoms. The molecule has 0 spiro atoms. The van der Waals surface area contributed by atoms with E-state index in [1.165, 1.54) is 5.69 Å². The number of ether oxygens (including phenoxy) is 1. The van der Waals surface area contributed by atoms with Gasteiger partial charge >= 0.3 is 0 Å². The van der Waals surface area contributed by atoms with Gasteiger partial charge < -0.3 is 19.9 Å². The maximum Gasteiger partial charge on any atom is 0.254 e. The summed E-state index contributed by atoms with van der Waals surface area (Å²) in [6.45, 7) is 2.72. The molecule has 28 heavy (non-hydrogen) atoms. The average molecular weight is 379 g/mol. The number of aromatic nitrogens is 3. The van der Waals surface area contributed by atoms with Crippen molar-refractivity contribution in [3.05, 3.63) is 60.2 Å². The number of anilines is 1. The van der Waals surface area contributed by atoms with Gasteiger partial charge in [-0.25, -0.2) is 0 Å². The predicted molar refractivity (Wildman–Crippen MR) is 108 cm³/mol. The van der Waals surface area contributed by atoms with E-state index < -0.39 is 0 Å². The Labute approximate surface area is 164 Å². The van der Waals surface area contributed by atoms with Crippen LogP contribution in [-0.4, -0.2) is 33.9 Å². The van der Waals surface area contributed by atoms with Gasteiger partial charge in [0.1, 0.15) is 5.75 Å². The number of hydrogen-bond donors (Lipinski definition) is 2. The zero-order valence-electron chi connectivity index (χ0n) is 16.4. The van der Waals surface area contributed by atoms with Gasteiger partial charge in [-0.1, -0.05) is 6.92 Å². The maximum absolute atomic E-state index is 12.4. The molecular formula is C21H25N5O2. The monoisotopic (exact) mass is 379 g/mol. The van der Waals surface area contributed by atoms with E-state index in [0.29, 0.717) is 12.1 Å². The second-order valence-electron chi connectivity index (χ2n) is 7.12. The molecule has 1 aromatic carbocycles. The number of amides is 1. The third-order valence-electron chi connectivity index (χ3n) is 5.48. The fourth-order valence-corrected chi connectivity index (χ4v) is 3.92. The minimum absolute atomic E-state index is 0.104. The molecule has 3 aromatic rings. The summed E-state index contributed by atoms with van der Waals surface area (Å²) in [5.41, 5.74) is 3.63. The van der Waals surface area contributed by atoms with Crippen molar-refractivity contribution in [1.29, 1.82) is 0 Å². The van der Waals surface area contributed by atoms with Crippen molar-refractivity contribution in [2.45, 2.75) is 25.3 Å². The Morgan fingerprint density at radius 3 is 2.93 bits per heavy atom. The first-order chi connectivity index (χ1) is 13.6. The summed E-state index contributed by atoms with van der Waals surface area (Å²) in [4.78, 5) is 12.4. The van der Waals surface area contributed by atoms with Crippen molar-refractivity contribution in [1.82, 2.24) is 19.7 Å². The third-order valence-corrected chi connectivity index (χ3v) is 5.48. The zero-order valence-corrected chi connectivity index (χ0v) is 16.4. The van der Waals surface area contributed by atoms with Crippen LogP contribution in [0.15, 0.2) is 48.9 Å². The first kappa shape index (κ1) is 18.2. The number of benzene rings is 1. The zero-order chi connectivity index (χ0) is 19.7. The predicted octanol–water partition coefficient (Wildman–Crippen LogP) is 3.07. The van der Waals surface area contributed by atoms with E-state index in [9.17, 15) is 4.79 Å². The summed E-state index contributed by atoms with van der Waals surface area (Å²) in [6, 6.07) is 10.3. The third kappa shape index (κ3) is 3.02. The minimum Gasteiger partial charge on any atom is -0.497 e. The van der Waals surface area contributed by atoms with E-state index in [0.717, 1.165) is 30.0 Å². The smallest absolute Gasteiger partial charge is 0.254 e. The quantitative estimate of drug-likeness (QED) is 0.690. The van der Waals surface area contributed by atoms with Crippen LogP contribution in [0.5, 0.6) is 5.75 Å². The summed E-state index contributed by atoms with van der Waals surface area (Å²) in [7, 11) is 3.47. The van der Waals surface area contributed by atoms with Gasteiger partial charge in [0.25, 0.3) is 5.91 Å². The number of hydrogen-bond acceptors (Lipinski definition) is 4. The van der Waals surface area contributed by atoms with Crippen LogP contribution in [0.2, 0.25) is 0 Å². The van der Waals surface area contributed by atoms with Crippen molar-refractivity contribution in [2.24, 2.45) is 7.05 Å². The normalized spacial score (nSPS) is 17.4. The Hall–Kier alpha value is -3.22. The Kier molecular flexibility index (Phi) is 4.58. The highest BCUT2D eigenvalue weighted by Crippen LogP contribution is 2.42. The summed E-state index contributed by atoms with van der Waals surface area (Å²) in [6.07, 6.45) is 7.03. The van der Waals surface area contributed by atoms with Gasteiger partial charge in [-0.15, -0.1) is 0 Å². The molecule has 1 aliphatic rings. The van der Waals surface area contributed by atoms with Gasteiger partial charge in [0, 0.05) is 37.7 Å². The highest BCUT2D eigenvalue weighted by molar-refractivity contribution is 5.93. The van der Waals surface area contributed by atoms with Crippen LogP contribution in [0.1, 0.15) is 35.8 Å². The molecular weight excluding hydrogens is 354 g/mol. The standard InChI is InChI=1S/C21H25N5O2/c1-4-21(9-10-22-20(27)15-13-23-25(2)14-15)19-6-5-11-26(19)18-8-7-16(28-3)12-17(18)24-21/h5-8,11-14,24H,4,9-10H2,1-3H3,(H,22,27). The first-order valence-electron chi connectivity index (χ1n) is 9.47. The van der Waals surface area contributed by atoms with E-state index in [1.807, 2.05) is 12.1 Å². The largest absolute Gasteiger partial charge is 0.497 e. The molecule has 0 saturated carbocycles. The number of rotatable bonds is 6. The van der Waals surface area contributed by atoms with Crippen molar-refractivity contribution in [3.8, 4) is 11.4 Å². The lowest BCUT2D eigenvalue weighted by atomic mass is 9.85. The van der Waals surface area contributed by atoms with Crippen molar-refractivity contribution in [2.75, 3.05) is 19.0 Å². The molecule has 0 aliphatic carbocycles. The van der Waals surface area contributed by atoms with Crippen LogP contribution < -0.4 is 15.4 Å². The van der Waals surface area contributed by atoms with Crippen LogP contribution >= 0.6 is 0 Å². The minimum atomic E-state index is -0.273. The van der Waals surface area contributed by atoms with Gasteiger partial charge in [0.15, 0.2) is 0 Å². The number of carbonyl (C=O) groups excluding carboxylic acids is 1. The Morgan fingerprint density at radius 1 is 1.36 bits per heavy atom. The lowest BCUT2D eigenvalue weighted by Crippen LogP contribution is -2.43. The lowest BCUT2D eigenvalue weighted by Gasteiger charge is -2.41. The highest BCUT2D eigenvalue weighted by atomic mass is 16.5. The van der Waals surface area contributed by atoms with Crippen LogP contribution in [0, 0.1) is 0 Å². The van der Waals surface area contributed by atoms with E-state index >= 15 is 0 Å². The number of aryl methyl sites for hydroxylation is 1. The number of fused-ring (bicyclic) bond motifs is 3. The number of methoxy groups -OCH3 is 1. The van der Waals surface area contributed by atoms with Gasteiger partial charge in [0.05, 0.1) is 35.8 Å². The summed E-state index contributed by atoms with van der Waals surface area (Å²) in [5, 5.41) is 10.8. The van der Waals surface area contributed by atoms with Gasteiger partial charge in [0.2, 0.25) is 0 Å². The molecule has 1 aliphatic heterocycles. The highest BCUT2D eigenvalue weighted by Gasteiger charge is 2.37. The van der Waals surface area contributed by atoms with Gasteiger partial charge in [-0.05, 0) is 37.1 Å². The molecule has 146 valence electrons. The number of carbonyl (C=O) groups is 1. The lowest BCUT2D eigenvalue weighted by molar-refractivity contribution is 0.0950. The van der Waals surface area contributed by atoms with Gasteiger partial charge in [-0.3, -0.25) is 9.48 Å². The van der Waals surface area contributed by atoms with Crippen LogP contribution in [0.25, 0.3) is 5.69 Å². The Morgan fingerprint density at radius 2 is 2.21 bits per heavy atom. The summed E-state index contributed by atoms with van der Waals surface area (Å²) < 4.78 is 9.25. The fraction of sp³-hybridized carbons (Fsp3) is 0.333. The maximum atomic E-state index is 12.4. The Bertz CT molecular complexity index is 1010. The fourth-order valence-electron chi connectivity index (χ4n) is 3.92. The SMILES string of the molecule is CCC1(CCNC(=O)c2cnn(C)c2)Nc2cc(OC)ccc2-n2cccc21.